The van der Waals surface area contributed by atoms with Gasteiger partial charge in [0.2, 0.25) is 0 Å². The number of hydrogen-bond donors (Lipinski definition) is 0. The minimum Gasteiger partial charge on any atom is -0.305 e. The fraction of sp³-hybridized carbons (Fsp3) is 0.312. The zero-order valence-electron chi connectivity index (χ0n) is 23.5. The Balaban J connectivity index is 0.000000259. The second kappa shape index (κ2) is 13.6. The largest absolute Gasteiger partial charge is 0.305 e. The predicted octanol–water partition coefficient (Wildman–Crippen LogP) is 7.38. The van der Waals surface area contributed by atoms with Crippen molar-refractivity contribution in [2.24, 2.45) is 5.92 Å². The third kappa shape index (κ3) is 9.26. The van der Waals surface area contributed by atoms with Gasteiger partial charge in [0.15, 0.2) is 0 Å². The monoisotopic (exact) mass is 701 g/mol. The fourth-order valence-electron chi connectivity index (χ4n) is 4.03. The molecule has 4 rings (SSSR count). The molecule has 2 heterocycles. The van der Waals surface area contributed by atoms with Crippen LogP contribution in [0.25, 0.3) is 22.5 Å². The van der Waals surface area contributed by atoms with Crippen LogP contribution in [0, 0.1) is 18.1 Å². The Morgan fingerprint density at radius 2 is 1.27 bits per heavy atom. The van der Waals surface area contributed by atoms with Gasteiger partial charge < -0.3 is 9.97 Å². The van der Waals surface area contributed by atoms with Gasteiger partial charge in [0.05, 0.1) is 16.1 Å². The first-order valence-electron chi connectivity index (χ1n) is 12.9. The van der Waals surface area contributed by atoms with Crippen molar-refractivity contribution >= 4 is 26.5 Å². The van der Waals surface area contributed by atoms with Gasteiger partial charge in [0, 0.05) is 32.5 Å². The minimum absolute atomic E-state index is 0. The van der Waals surface area contributed by atoms with Crippen LogP contribution >= 0.6 is 0 Å². The molecule has 0 bridgehead atoms. The molecule has 0 saturated carbocycles. The van der Waals surface area contributed by atoms with Crippen molar-refractivity contribution in [2.75, 3.05) is 0 Å². The van der Waals surface area contributed by atoms with Crippen molar-refractivity contribution in [1.82, 2.24) is 9.97 Å². The van der Waals surface area contributed by atoms with E-state index in [0.29, 0.717) is 5.92 Å². The van der Waals surface area contributed by atoms with E-state index in [9.17, 15) is 0 Å². The van der Waals surface area contributed by atoms with E-state index in [1.54, 1.807) is 0 Å². The molecule has 0 atom stereocenters. The SMILES string of the molecule is CC(C)Cc1cc(-c2[c-]cccc2)ncc1[Si](C)(C)C.C[Si](C)(C)c1ccc(-c2[c-]cccc2)nc1.[Ir]. The van der Waals surface area contributed by atoms with Gasteiger partial charge >= 0.3 is 0 Å². The summed E-state index contributed by atoms with van der Waals surface area (Å²) in [5, 5.41) is 2.89. The molecule has 0 N–H and O–H groups in total. The molecule has 0 aliphatic heterocycles. The van der Waals surface area contributed by atoms with Crippen LogP contribution in [-0.4, -0.2) is 26.1 Å². The number of aromatic nitrogens is 2. The first-order chi connectivity index (χ1) is 16.9. The third-order valence-corrected chi connectivity index (χ3v) is 10.1. The molecule has 0 saturated heterocycles. The Morgan fingerprint density at radius 3 is 1.70 bits per heavy atom. The van der Waals surface area contributed by atoms with Gasteiger partial charge in [-0.2, -0.15) is 0 Å². The Bertz CT molecular complexity index is 1230. The average Bonchev–Trinajstić information content (AvgIpc) is 2.84. The van der Waals surface area contributed by atoms with Gasteiger partial charge in [-0.05, 0) is 34.1 Å². The van der Waals surface area contributed by atoms with Crippen LogP contribution in [0.5, 0.6) is 0 Å². The van der Waals surface area contributed by atoms with Gasteiger partial charge in [-0.3, -0.25) is 0 Å². The van der Waals surface area contributed by atoms with Crippen LogP contribution in [-0.2, 0) is 26.5 Å². The predicted molar refractivity (Wildman–Crippen MR) is 162 cm³/mol. The Hall–Kier alpha value is -2.18. The normalized spacial score (nSPS) is 11.4. The zero-order valence-corrected chi connectivity index (χ0v) is 27.9. The summed E-state index contributed by atoms with van der Waals surface area (Å²) in [6.07, 6.45) is 5.25. The summed E-state index contributed by atoms with van der Waals surface area (Å²) in [4.78, 5) is 9.21. The van der Waals surface area contributed by atoms with Gasteiger partial charge in [-0.15, -0.1) is 71.8 Å². The smallest absolute Gasteiger partial charge is 0.0798 e. The number of rotatable bonds is 6. The molecule has 197 valence electrons. The van der Waals surface area contributed by atoms with E-state index in [0.717, 1.165) is 28.9 Å². The van der Waals surface area contributed by atoms with Crippen LogP contribution in [0.15, 0.2) is 79.1 Å². The first kappa shape index (κ1) is 31.0. The van der Waals surface area contributed by atoms with E-state index in [1.807, 2.05) is 48.7 Å². The van der Waals surface area contributed by atoms with E-state index in [1.165, 1.54) is 15.9 Å². The van der Waals surface area contributed by atoms with E-state index < -0.39 is 16.1 Å². The van der Waals surface area contributed by atoms with E-state index in [-0.39, 0.29) is 20.1 Å². The Morgan fingerprint density at radius 1 is 0.703 bits per heavy atom. The Labute approximate surface area is 240 Å². The van der Waals surface area contributed by atoms with Crippen molar-refractivity contribution in [3.05, 3.63) is 96.8 Å². The molecule has 37 heavy (non-hydrogen) atoms. The molecule has 0 amide bonds. The van der Waals surface area contributed by atoms with Crippen molar-refractivity contribution in [2.45, 2.75) is 59.6 Å². The maximum atomic E-state index is 4.69. The second-order valence-corrected chi connectivity index (χ2v) is 21.9. The summed E-state index contributed by atoms with van der Waals surface area (Å²) in [5.74, 6) is 0.667. The summed E-state index contributed by atoms with van der Waals surface area (Å²) in [6, 6.07) is 29.1. The van der Waals surface area contributed by atoms with Crippen molar-refractivity contribution in [1.29, 1.82) is 0 Å². The van der Waals surface area contributed by atoms with E-state index >= 15 is 0 Å². The molecule has 0 spiro atoms. The van der Waals surface area contributed by atoms with Gasteiger partial charge in [-0.25, -0.2) is 0 Å². The quantitative estimate of drug-likeness (QED) is 0.155. The zero-order chi connectivity index (χ0) is 26.3. The summed E-state index contributed by atoms with van der Waals surface area (Å²) in [5.41, 5.74) is 5.66. The van der Waals surface area contributed by atoms with E-state index in [2.05, 4.69) is 106 Å². The van der Waals surface area contributed by atoms with Gasteiger partial charge in [0.25, 0.3) is 0 Å². The summed E-state index contributed by atoms with van der Waals surface area (Å²) in [7, 11) is -2.57. The second-order valence-electron chi connectivity index (χ2n) is 11.8. The molecule has 0 fully saturated rings. The average molecular weight is 701 g/mol. The molecule has 0 aliphatic carbocycles. The molecule has 0 unspecified atom stereocenters. The van der Waals surface area contributed by atoms with Crippen molar-refractivity contribution in [3.8, 4) is 22.5 Å². The van der Waals surface area contributed by atoms with Crippen molar-refractivity contribution in [3.63, 3.8) is 0 Å². The minimum atomic E-state index is -1.34. The van der Waals surface area contributed by atoms with Crippen molar-refractivity contribution < 1.29 is 20.1 Å². The number of benzene rings is 2. The molecule has 4 aromatic rings. The molecule has 1 radical (unpaired) electrons. The van der Waals surface area contributed by atoms with Crippen LogP contribution in [0.1, 0.15) is 19.4 Å². The topological polar surface area (TPSA) is 25.8 Å². The summed E-state index contributed by atoms with van der Waals surface area (Å²) >= 11 is 0. The summed E-state index contributed by atoms with van der Waals surface area (Å²) < 4.78 is 0. The fourth-order valence-corrected chi connectivity index (χ4v) is 6.66. The summed E-state index contributed by atoms with van der Waals surface area (Å²) in [6.45, 7) is 18.7. The first-order valence-corrected chi connectivity index (χ1v) is 19.9. The van der Waals surface area contributed by atoms with Gasteiger partial charge in [-0.1, -0.05) is 76.9 Å². The number of pyridine rings is 2. The molecule has 5 heteroatoms. The molecule has 2 aromatic heterocycles. The molecular weight excluding hydrogens is 661 g/mol. The maximum Gasteiger partial charge on any atom is 0.0798 e. The molecule has 2 aromatic carbocycles. The standard InChI is InChI=1S/C18H24NSi.C14H16NSi.Ir/c1-14(2)11-16-12-17(15-9-7-6-8-10-15)19-13-18(16)20(3,4)5;1-16(2,3)13-9-10-14(15-11-13)12-7-5-4-6-8-12;/h6-9,12-14H,11H2,1-5H3;4-7,9-11H,1-3H3;/q2*-1;. The van der Waals surface area contributed by atoms with Crippen LogP contribution in [0.3, 0.4) is 0 Å². The number of hydrogen-bond acceptors (Lipinski definition) is 2. The molecule has 2 nitrogen and oxygen atoms in total. The Kier molecular flexibility index (Phi) is 11.4. The third-order valence-electron chi connectivity index (χ3n) is 6.03. The van der Waals surface area contributed by atoms with Gasteiger partial charge in [0.1, 0.15) is 0 Å². The van der Waals surface area contributed by atoms with Crippen LogP contribution < -0.4 is 10.4 Å². The van der Waals surface area contributed by atoms with Crippen LogP contribution in [0.4, 0.5) is 0 Å². The van der Waals surface area contributed by atoms with Crippen LogP contribution in [0.2, 0.25) is 39.3 Å². The van der Waals surface area contributed by atoms with E-state index in [4.69, 9.17) is 0 Å². The maximum absolute atomic E-state index is 4.69. The number of nitrogens with zero attached hydrogens (tertiary/aromatic N) is 2. The molecule has 0 aliphatic rings. The molecular formula is C32H40IrN2Si2-2.